The molecule has 0 radical (unpaired) electrons. The second-order valence-electron chi connectivity index (χ2n) is 1.63. The van der Waals surface area contributed by atoms with Crippen LogP contribution in [0.2, 0.25) is 13.6 Å². The van der Waals surface area contributed by atoms with Crippen LogP contribution in [0.1, 0.15) is 0 Å². The summed E-state index contributed by atoms with van der Waals surface area (Å²) in [4.78, 5) is 0. The lowest BCUT2D eigenvalue weighted by atomic mass is 9.55. The Morgan fingerprint density at radius 1 is 1.60 bits per heavy atom. The van der Waals surface area contributed by atoms with Crippen LogP contribution in [0.5, 0.6) is 0 Å². The minimum absolute atomic E-state index is 0.662. The van der Waals surface area contributed by atoms with Crippen LogP contribution >= 0.6 is 0 Å². The minimum Gasteiger partial charge on any atom is -0.338 e. The molecule has 0 aromatic carbocycles. The standard InChI is InChI=1S/C3H10BN/c1-4(2)3-5/h3,5H2,1-2H3. The van der Waals surface area contributed by atoms with Crippen LogP contribution in [0, 0.1) is 0 Å². The molecule has 0 atom stereocenters. The van der Waals surface area contributed by atoms with Crippen molar-refractivity contribution in [2.75, 3.05) is 6.44 Å². The summed E-state index contributed by atoms with van der Waals surface area (Å²) in [6.07, 6.45) is 0.806. The van der Waals surface area contributed by atoms with Gasteiger partial charge in [-0.2, -0.15) is 0 Å². The molecule has 0 spiro atoms. The molecule has 0 saturated heterocycles. The third-order valence-electron chi connectivity index (χ3n) is 0.471. The first kappa shape index (κ1) is 5.02. The minimum atomic E-state index is 0.662. The SMILES string of the molecule is CB(C)CN. The molecule has 2 heteroatoms. The second kappa shape index (κ2) is 2.27. The van der Waals surface area contributed by atoms with Gasteiger partial charge in [0.25, 0.3) is 0 Å². The summed E-state index contributed by atoms with van der Waals surface area (Å²) in [7, 11) is 0. The lowest BCUT2D eigenvalue weighted by molar-refractivity contribution is 1.34. The summed E-state index contributed by atoms with van der Waals surface area (Å²) < 4.78 is 0. The van der Waals surface area contributed by atoms with E-state index in [9.17, 15) is 0 Å². The van der Waals surface area contributed by atoms with Crippen LogP contribution in [-0.2, 0) is 0 Å². The van der Waals surface area contributed by atoms with Crippen molar-refractivity contribution in [2.45, 2.75) is 13.6 Å². The Hall–Kier alpha value is 0.0249. The monoisotopic (exact) mass is 71.1 g/mol. The molecule has 30 valence electrons. The van der Waals surface area contributed by atoms with Crippen LogP contribution in [0.25, 0.3) is 0 Å². The molecule has 0 aromatic rings. The molecule has 1 nitrogen and oxygen atoms in total. The fraction of sp³-hybridized carbons (Fsp3) is 1.00. The first-order chi connectivity index (χ1) is 2.27. The zero-order chi connectivity index (χ0) is 4.28. The molecule has 0 aliphatic carbocycles. The molecule has 0 unspecified atom stereocenters. The zero-order valence-electron chi connectivity index (χ0n) is 3.86. The molecule has 0 aromatic heterocycles. The summed E-state index contributed by atoms with van der Waals surface area (Å²) >= 11 is 0. The van der Waals surface area contributed by atoms with E-state index in [0.717, 1.165) is 6.44 Å². The van der Waals surface area contributed by atoms with Gasteiger partial charge in [0.2, 0.25) is 0 Å². The summed E-state index contributed by atoms with van der Waals surface area (Å²) in [6.45, 7) is 4.86. The van der Waals surface area contributed by atoms with Gasteiger partial charge in [-0.1, -0.05) is 13.6 Å². The van der Waals surface area contributed by atoms with E-state index in [2.05, 4.69) is 13.6 Å². The Bertz CT molecular complexity index is 20.9. The number of hydrogen-bond acceptors (Lipinski definition) is 1. The van der Waals surface area contributed by atoms with Crippen molar-refractivity contribution in [3.8, 4) is 0 Å². The first-order valence-electron chi connectivity index (χ1n) is 1.97. The topological polar surface area (TPSA) is 26.0 Å². The van der Waals surface area contributed by atoms with Crippen LogP contribution < -0.4 is 5.73 Å². The second-order valence-corrected chi connectivity index (χ2v) is 1.63. The Morgan fingerprint density at radius 3 is 1.80 bits per heavy atom. The fourth-order valence-electron chi connectivity index (χ4n) is 0. The Kier molecular flexibility index (Phi) is 2.28. The summed E-state index contributed by atoms with van der Waals surface area (Å²) in [5.41, 5.74) is 5.17. The summed E-state index contributed by atoms with van der Waals surface area (Å²) in [5.74, 6) is 0. The molecule has 5 heavy (non-hydrogen) atoms. The molecule has 0 amide bonds. The van der Waals surface area contributed by atoms with Crippen LogP contribution in [0.15, 0.2) is 0 Å². The number of rotatable bonds is 1. The number of hydrogen-bond donors (Lipinski definition) is 1. The van der Waals surface area contributed by atoms with Crippen molar-refractivity contribution in [3.05, 3.63) is 0 Å². The van der Waals surface area contributed by atoms with E-state index in [1.54, 1.807) is 0 Å². The van der Waals surface area contributed by atoms with E-state index in [1.807, 2.05) is 0 Å². The van der Waals surface area contributed by atoms with Gasteiger partial charge in [-0.3, -0.25) is 0 Å². The lowest BCUT2D eigenvalue weighted by Gasteiger charge is -1.85. The van der Waals surface area contributed by atoms with Gasteiger partial charge in [-0.05, 0) is 6.44 Å². The van der Waals surface area contributed by atoms with Gasteiger partial charge in [0.1, 0.15) is 6.71 Å². The molecule has 0 rings (SSSR count). The molecule has 0 fully saturated rings. The third-order valence-corrected chi connectivity index (χ3v) is 0.471. The van der Waals surface area contributed by atoms with Crippen molar-refractivity contribution < 1.29 is 0 Å². The van der Waals surface area contributed by atoms with E-state index in [1.165, 1.54) is 0 Å². The van der Waals surface area contributed by atoms with E-state index in [0.29, 0.717) is 6.71 Å². The predicted molar refractivity (Wildman–Crippen MR) is 26.5 cm³/mol. The molecule has 0 heterocycles. The molecule has 0 bridgehead atoms. The normalized spacial score (nSPS) is 7.80. The largest absolute Gasteiger partial charge is 0.338 e. The van der Waals surface area contributed by atoms with Gasteiger partial charge < -0.3 is 5.73 Å². The van der Waals surface area contributed by atoms with Crippen LogP contribution in [0.4, 0.5) is 0 Å². The number of nitrogens with two attached hydrogens (primary N) is 1. The molecular weight excluding hydrogens is 60.9 g/mol. The fourth-order valence-corrected chi connectivity index (χ4v) is 0. The highest BCUT2D eigenvalue weighted by Gasteiger charge is 1.87. The quantitative estimate of drug-likeness (QED) is 0.440. The van der Waals surface area contributed by atoms with Gasteiger partial charge in [0, 0.05) is 0 Å². The van der Waals surface area contributed by atoms with Gasteiger partial charge in [0.15, 0.2) is 0 Å². The highest BCUT2D eigenvalue weighted by molar-refractivity contribution is 6.55. The Balaban J connectivity index is 2.54. The molecular formula is C3H10BN. The Morgan fingerprint density at radius 2 is 1.80 bits per heavy atom. The highest BCUT2D eigenvalue weighted by Crippen LogP contribution is 1.67. The summed E-state index contributed by atoms with van der Waals surface area (Å²) in [5, 5.41) is 0. The molecule has 0 aliphatic rings. The average Bonchev–Trinajstić information content (AvgIpc) is 1.38. The maximum Gasteiger partial charge on any atom is 0.149 e. The third kappa shape index (κ3) is 4.02. The predicted octanol–water partition coefficient (Wildman–Crippen LogP) is 0.239. The molecule has 0 aliphatic heterocycles. The van der Waals surface area contributed by atoms with E-state index >= 15 is 0 Å². The maximum absolute atomic E-state index is 5.17. The molecule has 0 saturated carbocycles. The van der Waals surface area contributed by atoms with Gasteiger partial charge in [-0.25, -0.2) is 0 Å². The molecule has 2 N–H and O–H groups in total. The van der Waals surface area contributed by atoms with Crippen molar-refractivity contribution >= 4 is 6.71 Å². The average molecular weight is 70.9 g/mol. The van der Waals surface area contributed by atoms with Crippen LogP contribution in [0.3, 0.4) is 0 Å². The Labute approximate surface area is 33.6 Å². The first-order valence-corrected chi connectivity index (χ1v) is 1.97. The maximum atomic E-state index is 5.17. The zero-order valence-corrected chi connectivity index (χ0v) is 3.86. The lowest BCUT2D eigenvalue weighted by Crippen LogP contribution is -2.16. The van der Waals surface area contributed by atoms with Gasteiger partial charge in [-0.15, -0.1) is 0 Å². The van der Waals surface area contributed by atoms with E-state index < -0.39 is 0 Å². The summed E-state index contributed by atoms with van der Waals surface area (Å²) in [6, 6.07) is 0. The van der Waals surface area contributed by atoms with Gasteiger partial charge in [0.05, 0.1) is 0 Å². The van der Waals surface area contributed by atoms with E-state index in [-0.39, 0.29) is 0 Å². The van der Waals surface area contributed by atoms with E-state index in [4.69, 9.17) is 5.73 Å². The highest BCUT2D eigenvalue weighted by atomic mass is 14.5. The van der Waals surface area contributed by atoms with Crippen molar-refractivity contribution in [3.63, 3.8) is 0 Å². The van der Waals surface area contributed by atoms with Crippen molar-refractivity contribution in [1.82, 2.24) is 0 Å². The van der Waals surface area contributed by atoms with Crippen molar-refractivity contribution in [2.24, 2.45) is 5.73 Å². The smallest absolute Gasteiger partial charge is 0.149 e. The van der Waals surface area contributed by atoms with Crippen molar-refractivity contribution in [1.29, 1.82) is 0 Å². The van der Waals surface area contributed by atoms with Crippen LogP contribution in [-0.4, -0.2) is 13.2 Å². The van der Waals surface area contributed by atoms with Gasteiger partial charge >= 0.3 is 0 Å².